The van der Waals surface area contributed by atoms with Crippen LogP contribution in [0.25, 0.3) is 0 Å². The SMILES string of the molecule is CN(C(=O)c1ccco1)c1ccccc1C(=O)N1C[C@H]2COCC[C@@]2(C(=O)O)C1. The number of nitrogens with zero attached hydrogens (tertiary/aromatic N) is 2. The molecule has 2 saturated heterocycles. The highest BCUT2D eigenvalue weighted by molar-refractivity contribution is 6.09. The zero-order valence-corrected chi connectivity index (χ0v) is 16.0. The third kappa shape index (κ3) is 3.19. The van der Waals surface area contributed by atoms with E-state index in [0.717, 1.165) is 0 Å². The smallest absolute Gasteiger partial charge is 0.311 e. The number of carbonyl (C=O) groups excluding carboxylic acids is 2. The molecule has 1 N–H and O–H groups in total. The molecule has 0 bridgehead atoms. The Hall–Kier alpha value is -3.13. The van der Waals surface area contributed by atoms with Gasteiger partial charge in [0.1, 0.15) is 0 Å². The van der Waals surface area contributed by atoms with Gasteiger partial charge in [-0.15, -0.1) is 0 Å². The molecule has 29 heavy (non-hydrogen) atoms. The summed E-state index contributed by atoms with van der Waals surface area (Å²) in [7, 11) is 1.58. The monoisotopic (exact) mass is 398 g/mol. The fourth-order valence-corrected chi connectivity index (χ4v) is 4.25. The normalized spacial score (nSPS) is 23.5. The number of amides is 2. The molecule has 152 valence electrons. The number of carboxylic acid groups (broad SMARTS) is 1. The molecular weight excluding hydrogens is 376 g/mol. The van der Waals surface area contributed by atoms with Crippen LogP contribution in [0.4, 0.5) is 5.69 Å². The number of ether oxygens (including phenoxy) is 1. The van der Waals surface area contributed by atoms with Gasteiger partial charge in [-0.3, -0.25) is 14.4 Å². The van der Waals surface area contributed by atoms with E-state index in [0.29, 0.717) is 37.4 Å². The fourth-order valence-electron chi connectivity index (χ4n) is 4.25. The largest absolute Gasteiger partial charge is 0.481 e. The zero-order valence-electron chi connectivity index (χ0n) is 16.0. The number of furan rings is 1. The molecule has 8 heteroatoms. The lowest BCUT2D eigenvalue weighted by atomic mass is 9.74. The fraction of sp³-hybridized carbons (Fsp3) is 0.381. The maximum atomic E-state index is 13.3. The molecule has 2 aliphatic heterocycles. The molecular formula is C21H22N2O6. The van der Waals surface area contributed by atoms with E-state index in [1.54, 1.807) is 48.3 Å². The van der Waals surface area contributed by atoms with E-state index >= 15 is 0 Å². The van der Waals surface area contributed by atoms with Gasteiger partial charge in [-0.25, -0.2) is 0 Å². The topological polar surface area (TPSA) is 100 Å². The second-order valence-corrected chi connectivity index (χ2v) is 7.53. The summed E-state index contributed by atoms with van der Waals surface area (Å²) in [6.07, 6.45) is 1.80. The second kappa shape index (κ2) is 7.36. The van der Waals surface area contributed by atoms with Crippen molar-refractivity contribution < 1.29 is 28.6 Å². The Labute approximate surface area is 167 Å². The first-order valence-electron chi connectivity index (χ1n) is 9.45. The number of benzene rings is 1. The van der Waals surface area contributed by atoms with E-state index < -0.39 is 11.4 Å². The van der Waals surface area contributed by atoms with Gasteiger partial charge in [-0.2, -0.15) is 0 Å². The molecule has 1 aromatic heterocycles. The molecule has 0 radical (unpaired) electrons. The molecule has 0 unspecified atom stereocenters. The predicted octanol–water partition coefficient (Wildman–Crippen LogP) is 2.12. The van der Waals surface area contributed by atoms with Crippen LogP contribution < -0.4 is 4.90 Å². The Morgan fingerprint density at radius 1 is 1.21 bits per heavy atom. The molecule has 2 aliphatic rings. The first-order valence-corrected chi connectivity index (χ1v) is 9.45. The van der Waals surface area contributed by atoms with Crippen LogP contribution in [-0.2, 0) is 9.53 Å². The molecule has 2 aromatic rings. The number of anilines is 1. The first-order chi connectivity index (χ1) is 13.9. The molecule has 1 aromatic carbocycles. The average molecular weight is 398 g/mol. The summed E-state index contributed by atoms with van der Waals surface area (Å²) in [6.45, 7) is 1.16. The number of rotatable bonds is 4. The average Bonchev–Trinajstić information content (AvgIpc) is 3.40. The Kier molecular flexibility index (Phi) is 4.87. The summed E-state index contributed by atoms with van der Waals surface area (Å²) < 4.78 is 10.6. The second-order valence-electron chi connectivity index (χ2n) is 7.53. The summed E-state index contributed by atoms with van der Waals surface area (Å²) in [5, 5.41) is 9.83. The van der Waals surface area contributed by atoms with Crippen LogP contribution in [0.2, 0.25) is 0 Å². The third-order valence-corrected chi connectivity index (χ3v) is 5.95. The molecule has 2 amide bonds. The van der Waals surface area contributed by atoms with Crippen molar-refractivity contribution in [2.24, 2.45) is 11.3 Å². The standard InChI is InChI=1S/C21H22N2O6/c1-22(19(25)17-7-4-9-29-17)16-6-3-2-5-15(16)18(24)23-11-14-12-28-10-8-21(14,13-23)20(26)27/h2-7,9,14H,8,10-13H2,1H3,(H,26,27)/t14-,21+/m0/s1. The van der Waals surface area contributed by atoms with E-state index in [-0.39, 0.29) is 30.0 Å². The maximum absolute atomic E-state index is 13.3. The van der Waals surface area contributed by atoms with Crippen molar-refractivity contribution in [3.63, 3.8) is 0 Å². The van der Waals surface area contributed by atoms with Crippen LogP contribution in [0, 0.1) is 11.3 Å². The number of carbonyl (C=O) groups is 3. The summed E-state index contributed by atoms with van der Waals surface area (Å²) in [5.74, 6) is -1.63. The van der Waals surface area contributed by atoms with Crippen LogP contribution in [0.1, 0.15) is 27.3 Å². The van der Waals surface area contributed by atoms with Crippen molar-refractivity contribution in [3.8, 4) is 0 Å². The van der Waals surface area contributed by atoms with E-state index in [9.17, 15) is 19.5 Å². The summed E-state index contributed by atoms with van der Waals surface area (Å²) in [6, 6.07) is 9.99. The molecule has 3 heterocycles. The van der Waals surface area contributed by atoms with Crippen LogP contribution in [0.15, 0.2) is 47.1 Å². The van der Waals surface area contributed by atoms with Gasteiger partial charge >= 0.3 is 5.97 Å². The number of hydrogen-bond acceptors (Lipinski definition) is 5. The number of aliphatic carboxylic acids is 1. The molecule has 2 atom stereocenters. The number of para-hydroxylation sites is 1. The Balaban J connectivity index is 1.62. The van der Waals surface area contributed by atoms with Gasteiger partial charge in [0.2, 0.25) is 0 Å². The first kappa shape index (κ1) is 19.2. The molecule has 8 nitrogen and oxygen atoms in total. The Bertz CT molecular complexity index is 940. The van der Waals surface area contributed by atoms with Crippen molar-refractivity contribution in [2.75, 3.05) is 38.3 Å². The molecule has 0 spiro atoms. The van der Waals surface area contributed by atoms with E-state index in [4.69, 9.17) is 9.15 Å². The molecule has 2 fully saturated rings. The number of fused-ring (bicyclic) bond motifs is 1. The van der Waals surface area contributed by atoms with Gasteiger partial charge in [0.25, 0.3) is 11.8 Å². The lowest BCUT2D eigenvalue weighted by Gasteiger charge is -2.33. The molecule has 0 aliphatic carbocycles. The Morgan fingerprint density at radius 3 is 2.69 bits per heavy atom. The highest BCUT2D eigenvalue weighted by Crippen LogP contribution is 2.43. The van der Waals surface area contributed by atoms with Crippen molar-refractivity contribution in [1.29, 1.82) is 0 Å². The number of carboxylic acids is 1. The van der Waals surface area contributed by atoms with Gasteiger partial charge < -0.3 is 24.1 Å². The van der Waals surface area contributed by atoms with Gasteiger partial charge in [-0.1, -0.05) is 12.1 Å². The maximum Gasteiger partial charge on any atom is 0.311 e. The van der Waals surface area contributed by atoms with Crippen LogP contribution >= 0.6 is 0 Å². The molecule has 4 rings (SSSR count). The minimum Gasteiger partial charge on any atom is -0.481 e. The quantitative estimate of drug-likeness (QED) is 0.847. The number of hydrogen-bond donors (Lipinski definition) is 1. The van der Waals surface area contributed by atoms with Crippen LogP contribution in [0.3, 0.4) is 0 Å². The van der Waals surface area contributed by atoms with Crippen molar-refractivity contribution in [2.45, 2.75) is 6.42 Å². The lowest BCUT2D eigenvalue weighted by molar-refractivity contribution is -0.157. The lowest BCUT2D eigenvalue weighted by Crippen LogP contribution is -2.45. The Morgan fingerprint density at radius 2 is 2.00 bits per heavy atom. The van der Waals surface area contributed by atoms with Crippen molar-refractivity contribution >= 4 is 23.5 Å². The summed E-state index contributed by atoms with van der Waals surface area (Å²) >= 11 is 0. The van der Waals surface area contributed by atoms with Crippen LogP contribution in [-0.4, -0.2) is 61.1 Å². The highest BCUT2D eigenvalue weighted by atomic mass is 16.5. The van der Waals surface area contributed by atoms with E-state index in [1.807, 2.05) is 0 Å². The predicted molar refractivity (Wildman–Crippen MR) is 103 cm³/mol. The summed E-state index contributed by atoms with van der Waals surface area (Å²) in [4.78, 5) is 40.9. The van der Waals surface area contributed by atoms with Gasteiger partial charge in [0.15, 0.2) is 5.76 Å². The molecule has 0 saturated carbocycles. The van der Waals surface area contributed by atoms with Crippen LogP contribution in [0.5, 0.6) is 0 Å². The highest BCUT2D eigenvalue weighted by Gasteiger charge is 2.55. The van der Waals surface area contributed by atoms with Crippen molar-refractivity contribution in [3.05, 3.63) is 54.0 Å². The third-order valence-electron chi connectivity index (χ3n) is 5.95. The van der Waals surface area contributed by atoms with E-state index in [2.05, 4.69) is 0 Å². The minimum atomic E-state index is -0.973. The van der Waals surface area contributed by atoms with Gasteiger partial charge in [0.05, 0.1) is 29.5 Å². The van der Waals surface area contributed by atoms with Gasteiger partial charge in [0, 0.05) is 32.7 Å². The summed E-state index contributed by atoms with van der Waals surface area (Å²) in [5.41, 5.74) is -0.192. The minimum absolute atomic E-state index is 0.138. The zero-order chi connectivity index (χ0) is 20.6. The van der Waals surface area contributed by atoms with Gasteiger partial charge in [-0.05, 0) is 30.7 Å². The van der Waals surface area contributed by atoms with Crippen molar-refractivity contribution in [1.82, 2.24) is 4.90 Å². The number of likely N-dealkylation sites (tertiary alicyclic amines) is 1. The van der Waals surface area contributed by atoms with E-state index in [1.165, 1.54) is 11.2 Å².